The Morgan fingerprint density at radius 2 is 0.433 bits per heavy atom. The van der Waals surface area contributed by atoms with Crippen LogP contribution in [0.3, 0.4) is 0 Å². The van der Waals surface area contributed by atoms with E-state index < -0.39 is 224 Å². The summed E-state index contributed by atoms with van der Waals surface area (Å²) in [6.07, 6.45) is -60.2. The van der Waals surface area contributed by atoms with Crippen molar-refractivity contribution < 1.29 is 154 Å². The molecule has 31 heteroatoms. The molecule has 0 aromatic carbocycles. The zero-order valence-electron chi connectivity index (χ0n) is 35.0. The molecule has 20 N–H and O–H groups in total. The van der Waals surface area contributed by atoms with Crippen LogP contribution in [0.1, 0.15) is 0 Å². The Labute approximate surface area is 378 Å². The van der Waals surface area contributed by atoms with Crippen LogP contribution in [0.15, 0.2) is 0 Å². The third-order valence-corrected chi connectivity index (χ3v) is 12.4. The molecule has 0 saturated carbocycles. The lowest BCUT2D eigenvalue weighted by atomic mass is 9.95. The van der Waals surface area contributed by atoms with Gasteiger partial charge in [-0.25, -0.2) is 0 Å². The second-order valence-corrected chi connectivity index (χ2v) is 16.8. The average molecular weight is 991 g/mol. The van der Waals surface area contributed by atoms with E-state index in [9.17, 15) is 102 Å². The summed E-state index contributed by atoms with van der Waals surface area (Å²) in [7, 11) is 0. The van der Waals surface area contributed by atoms with Gasteiger partial charge in [-0.15, -0.1) is 0 Å². The van der Waals surface area contributed by atoms with Crippen molar-refractivity contribution in [1.29, 1.82) is 0 Å². The van der Waals surface area contributed by atoms with Crippen LogP contribution in [0.5, 0.6) is 0 Å². The fraction of sp³-hybridized carbons (Fsp3) is 1.00. The lowest BCUT2D eigenvalue weighted by Gasteiger charge is -2.50. The van der Waals surface area contributed by atoms with Gasteiger partial charge in [0.05, 0.1) is 39.6 Å². The first-order chi connectivity index (χ1) is 31.8. The van der Waals surface area contributed by atoms with Crippen LogP contribution in [0.4, 0.5) is 0 Å². The van der Waals surface area contributed by atoms with Gasteiger partial charge in [-0.1, -0.05) is 0 Å². The summed E-state index contributed by atoms with van der Waals surface area (Å²) in [5.41, 5.74) is 0. The molecule has 67 heavy (non-hydrogen) atoms. The molecule has 6 aliphatic rings. The number of rotatable bonds is 16. The van der Waals surface area contributed by atoms with Crippen LogP contribution in [-0.2, 0) is 52.1 Å². The van der Waals surface area contributed by atoms with Gasteiger partial charge in [0, 0.05) is 0 Å². The van der Waals surface area contributed by atoms with Crippen molar-refractivity contribution in [2.24, 2.45) is 0 Å². The SMILES string of the molecule is OC[C@H]1O[C@H](O[C@@H]2[C@@H](O[C@@H]3[C@@H](O[C@@H]4[C@@H](O[C@@H]5[C@@H](O[C@H]6[C@@H](O)[C@H](O)[C@@H](CO)O[C@@H]6O)O[C@H](CO)[C@@H](O)[C@@H]5O)O[C@H](CO)[C@@H](O)[C@@H]4O)O[C@H](CO)[C@@H](O)[C@@H]3O)O[C@H](CO)[C@@H](O)[C@@H]2O)[C@@H](O)[C@@H](O)[C@@H]1O. The molecule has 6 heterocycles. The minimum atomic E-state index is -2.25. The quantitative estimate of drug-likeness (QED) is 0.0683. The van der Waals surface area contributed by atoms with E-state index in [4.69, 9.17) is 52.1 Å². The second-order valence-electron chi connectivity index (χ2n) is 16.8. The monoisotopic (exact) mass is 990 g/mol. The second kappa shape index (κ2) is 23.5. The maximum Gasteiger partial charge on any atom is 0.187 e. The molecule has 31 nitrogen and oxygen atoms in total. The Hall–Kier alpha value is -1.24. The van der Waals surface area contributed by atoms with E-state index in [0.717, 1.165) is 0 Å². The summed E-state index contributed by atoms with van der Waals surface area (Å²) in [6, 6.07) is 0. The van der Waals surface area contributed by atoms with Crippen molar-refractivity contribution in [3.63, 3.8) is 0 Å². The van der Waals surface area contributed by atoms with Crippen LogP contribution in [0.2, 0.25) is 0 Å². The van der Waals surface area contributed by atoms with E-state index in [1.807, 2.05) is 0 Å². The molecule has 0 radical (unpaired) electrons. The van der Waals surface area contributed by atoms with Crippen LogP contribution in [0.25, 0.3) is 0 Å². The number of ether oxygens (including phenoxy) is 11. The normalized spacial score (nSPS) is 53.4. The predicted molar refractivity (Wildman–Crippen MR) is 199 cm³/mol. The summed E-state index contributed by atoms with van der Waals surface area (Å²) in [5.74, 6) is 0. The van der Waals surface area contributed by atoms with Crippen LogP contribution >= 0.6 is 0 Å². The average Bonchev–Trinajstić information content (AvgIpc) is 3.32. The van der Waals surface area contributed by atoms with E-state index >= 15 is 0 Å². The van der Waals surface area contributed by atoms with Gasteiger partial charge in [0.2, 0.25) is 0 Å². The van der Waals surface area contributed by atoms with Crippen molar-refractivity contribution in [1.82, 2.24) is 0 Å². The molecule has 0 amide bonds. The lowest BCUT2D eigenvalue weighted by Crippen LogP contribution is -2.69. The number of hydrogen-bond acceptors (Lipinski definition) is 31. The van der Waals surface area contributed by atoms with Crippen LogP contribution in [-0.4, -0.2) is 326 Å². The molecule has 0 aromatic rings. The third-order valence-electron chi connectivity index (χ3n) is 12.4. The molecule has 392 valence electrons. The van der Waals surface area contributed by atoms with E-state index in [1.54, 1.807) is 0 Å². The van der Waals surface area contributed by atoms with E-state index in [0.29, 0.717) is 0 Å². The standard InChI is InChI=1S/C36H62O31/c37-1-7-14(44)20(50)26(31(56)57-7)63-33-28(22(52)16(46)9(3-39)59-33)65-35-30(24(54)18(48)11(5-41)61-35)67-36-29(23(53)17(47)12(6-42)62-36)66-34-27(21(51)15(45)10(4-40)60-34)64-32-25(55)19(49)13(43)8(2-38)58-32/h7-56H,1-6H2/t7-,8-,9-,10-,11-,12-,13-,14-,15-,16-,17-,18-,19+,20+,21+,22+,23+,24+,25+,26+,27+,28+,29+,30+,31+,32-,33-,34-,35-,36-/m1/s1. The van der Waals surface area contributed by atoms with Crippen molar-refractivity contribution in [3.8, 4) is 0 Å². The first-order valence-electron chi connectivity index (χ1n) is 21.1. The molecule has 6 aliphatic heterocycles. The van der Waals surface area contributed by atoms with Crippen LogP contribution in [0, 0.1) is 0 Å². The molecule has 6 fully saturated rings. The lowest BCUT2D eigenvalue weighted by molar-refractivity contribution is -0.417. The molecule has 0 bridgehead atoms. The summed E-state index contributed by atoms with van der Waals surface area (Å²) < 4.78 is 62.2. The van der Waals surface area contributed by atoms with Crippen LogP contribution < -0.4 is 0 Å². The Kier molecular flexibility index (Phi) is 19.4. The highest BCUT2D eigenvalue weighted by atomic mass is 16.8. The molecule has 0 aliphatic carbocycles. The molecule has 0 spiro atoms. The van der Waals surface area contributed by atoms with Gasteiger partial charge in [-0.2, -0.15) is 0 Å². The highest BCUT2D eigenvalue weighted by Crippen LogP contribution is 2.37. The van der Waals surface area contributed by atoms with Gasteiger partial charge in [0.15, 0.2) is 37.7 Å². The maximum atomic E-state index is 11.5. The Bertz CT molecular complexity index is 1510. The first-order valence-corrected chi connectivity index (χ1v) is 21.1. The van der Waals surface area contributed by atoms with Crippen molar-refractivity contribution in [2.75, 3.05) is 39.6 Å². The number of aliphatic hydroxyl groups excluding tert-OH is 20. The smallest absolute Gasteiger partial charge is 0.187 e. The summed E-state index contributed by atoms with van der Waals surface area (Å²) >= 11 is 0. The largest absolute Gasteiger partial charge is 0.394 e. The molecule has 6 saturated heterocycles. The summed E-state index contributed by atoms with van der Waals surface area (Å²) in [4.78, 5) is 0. The highest BCUT2D eigenvalue weighted by molar-refractivity contribution is 5.00. The Morgan fingerprint density at radius 1 is 0.224 bits per heavy atom. The van der Waals surface area contributed by atoms with Gasteiger partial charge in [-0.3, -0.25) is 0 Å². The van der Waals surface area contributed by atoms with E-state index in [1.165, 1.54) is 0 Å². The van der Waals surface area contributed by atoms with E-state index in [-0.39, 0.29) is 0 Å². The maximum absolute atomic E-state index is 11.5. The Balaban J connectivity index is 1.31. The minimum absolute atomic E-state index is 0.865. The molecule has 6 rings (SSSR count). The third kappa shape index (κ3) is 11.2. The van der Waals surface area contributed by atoms with Gasteiger partial charge < -0.3 is 154 Å². The first kappa shape index (κ1) is 55.1. The molecule has 30 atom stereocenters. The molecular weight excluding hydrogens is 928 g/mol. The molecule has 0 aromatic heterocycles. The van der Waals surface area contributed by atoms with Gasteiger partial charge >= 0.3 is 0 Å². The summed E-state index contributed by atoms with van der Waals surface area (Å²) in [6.45, 7) is -5.86. The summed E-state index contributed by atoms with van der Waals surface area (Å²) in [5, 5.41) is 211. The van der Waals surface area contributed by atoms with Gasteiger partial charge in [0.25, 0.3) is 0 Å². The van der Waals surface area contributed by atoms with Gasteiger partial charge in [-0.05, 0) is 0 Å². The van der Waals surface area contributed by atoms with Gasteiger partial charge in [0.1, 0.15) is 146 Å². The zero-order chi connectivity index (χ0) is 49.3. The molecular formula is C36H62O31. The van der Waals surface area contributed by atoms with E-state index in [2.05, 4.69) is 0 Å². The van der Waals surface area contributed by atoms with Crippen molar-refractivity contribution >= 4 is 0 Å². The number of hydrogen-bond donors (Lipinski definition) is 20. The van der Waals surface area contributed by atoms with Crippen molar-refractivity contribution in [2.45, 2.75) is 184 Å². The fourth-order valence-corrected chi connectivity index (χ4v) is 8.42. The Morgan fingerprint density at radius 3 is 0.716 bits per heavy atom. The number of aliphatic hydroxyl groups is 20. The zero-order valence-corrected chi connectivity index (χ0v) is 35.0. The van der Waals surface area contributed by atoms with Crippen molar-refractivity contribution in [3.05, 3.63) is 0 Å². The molecule has 0 unspecified atom stereocenters. The predicted octanol–water partition coefficient (Wildman–Crippen LogP) is -14.1. The minimum Gasteiger partial charge on any atom is -0.394 e. The highest BCUT2D eigenvalue weighted by Gasteiger charge is 2.58. The topological polar surface area (TPSA) is 506 Å². The fourth-order valence-electron chi connectivity index (χ4n) is 8.42.